The number of fused-ring (bicyclic) bond motifs is 2. The molecule has 5 saturated heterocycles. The van der Waals surface area contributed by atoms with Gasteiger partial charge in [-0.25, -0.2) is 24.0 Å². The lowest BCUT2D eigenvalue weighted by Gasteiger charge is -2.48. The van der Waals surface area contributed by atoms with Crippen LogP contribution in [0.1, 0.15) is 136 Å². The van der Waals surface area contributed by atoms with Crippen LogP contribution in [0.3, 0.4) is 0 Å². The SMILES string of the molecule is C=CCCCCCCCCOP(=O)(C[C@H]1O[C@H](COC(=O)c2ccccc2)[C@@H](O[C@@H]2O[C@H](COP(=O)(C[C@H]3O[C@H](COC(=O)c4ccccc4)[C@@H](OCc4ccc(C)cc4)[C@@H]4OC(C)(C)O[C@@H]43)OC)[C@H](OC(=O)c3ccccc3)[C@H](OC(=O)c3ccccc3)[C@H]2OC(=O)c2ccccc2)[C@@H]2OC(C)(C)O[C@@H]21)OC. The van der Waals surface area contributed by atoms with Gasteiger partial charge in [-0.05, 0) is 120 Å². The molecule has 5 fully saturated rings. The van der Waals surface area contributed by atoms with Gasteiger partial charge < -0.3 is 84.4 Å². The topological polar surface area (TPSA) is 286 Å². The van der Waals surface area contributed by atoms with Gasteiger partial charge in [0.1, 0.15) is 68.1 Å². The number of carbonyl (C=O) groups is 5. The first-order valence-corrected chi connectivity index (χ1v) is 39.9. The summed E-state index contributed by atoms with van der Waals surface area (Å²) < 4.78 is 148. The Kier molecular flexibility index (Phi) is 28.5. The van der Waals surface area contributed by atoms with Crippen molar-refractivity contribution in [2.45, 2.75) is 189 Å². The van der Waals surface area contributed by atoms with Gasteiger partial charge in [0, 0.05) is 14.2 Å². The minimum absolute atomic E-state index is 0.0169. The molecule has 6 aromatic carbocycles. The van der Waals surface area contributed by atoms with E-state index in [1.54, 1.807) is 143 Å². The Morgan fingerprint density at radius 3 is 1.28 bits per heavy atom. The van der Waals surface area contributed by atoms with E-state index in [9.17, 15) is 28.5 Å². The summed E-state index contributed by atoms with van der Waals surface area (Å²) >= 11 is 0. The minimum Gasteiger partial charge on any atom is -0.459 e. The van der Waals surface area contributed by atoms with Crippen LogP contribution >= 0.6 is 15.2 Å². The molecule has 0 amide bonds. The highest BCUT2D eigenvalue weighted by Crippen LogP contribution is 2.54. The second-order valence-corrected chi connectivity index (χ2v) is 32.3. The van der Waals surface area contributed by atoms with E-state index in [1.165, 1.54) is 43.5 Å². The molecule has 0 spiro atoms. The number of hydrogen-bond acceptors (Lipinski definition) is 25. The van der Waals surface area contributed by atoms with E-state index in [4.69, 9.17) is 84.4 Å². The highest BCUT2D eigenvalue weighted by molar-refractivity contribution is 7.54. The lowest BCUT2D eigenvalue weighted by Crippen LogP contribution is -2.66. The van der Waals surface area contributed by atoms with Crippen molar-refractivity contribution in [1.29, 1.82) is 0 Å². The van der Waals surface area contributed by atoms with Gasteiger partial charge in [0.25, 0.3) is 0 Å². The van der Waals surface area contributed by atoms with Crippen LogP contribution in [-0.4, -0.2) is 186 Å². The Morgan fingerprint density at radius 1 is 0.426 bits per heavy atom. The van der Waals surface area contributed by atoms with Crippen LogP contribution in [0.2, 0.25) is 0 Å². The van der Waals surface area contributed by atoms with Crippen LogP contribution in [0.5, 0.6) is 0 Å². The van der Waals surface area contributed by atoms with E-state index < -0.39 is 168 Å². The van der Waals surface area contributed by atoms with E-state index in [-0.39, 0.29) is 53.8 Å². The fourth-order valence-corrected chi connectivity index (χ4v) is 16.6. The first-order valence-electron chi connectivity index (χ1n) is 36.5. The van der Waals surface area contributed by atoms with Gasteiger partial charge in [-0.1, -0.05) is 153 Å². The first kappa shape index (κ1) is 81.3. The molecular weight excluding hydrogens is 1430 g/mol. The van der Waals surface area contributed by atoms with E-state index in [1.807, 2.05) is 37.3 Å². The molecule has 5 aliphatic heterocycles. The van der Waals surface area contributed by atoms with Crippen LogP contribution < -0.4 is 0 Å². The Hall–Kier alpha value is -7.65. The van der Waals surface area contributed by atoms with Gasteiger partial charge in [0.05, 0.1) is 72.2 Å². The fraction of sp³-hybridized carbons (Fsp3) is 0.469. The van der Waals surface area contributed by atoms with Crippen LogP contribution in [-0.2, 0) is 100 Å². The van der Waals surface area contributed by atoms with Crippen molar-refractivity contribution in [3.05, 3.63) is 228 Å². The molecule has 5 heterocycles. The molecule has 17 atom stereocenters. The average Bonchev–Trinajstić information content (AvgIpc) is 1.51. The van der Waals surface area contributed by atoms with Crippen molar-refractivity contribution in [3.63, 3.8) is 0 Å². The molecule has 108 heavy (non-hydrogen) atoms. The molecule has 0 N–H and O–H groups in total. The largest absolute Gasteiger partial charge is 0.459 e. The normalized spacial score (nSPS) is 27.3. The Labute approximate surface area is 629 Å². The minimum atomic E-state index is -4.62. The Bertz CT molecular complexity index is 4000. The van der Waals surface area contributed by atoms with E-state index in [0.29, 0.717) is 6.42 Å². The number of ether oxygens (including phenoxy) is 14. The van der Waals surface area contributed by atoms with Gasteiger partial charge in [0.2, 0.25) is 0 Å². The predicted molar refractivity (Wildman–Crippen MR) is 392 cm³/mol. The highest BCUT2D eigenvalue weighted by atomic mass is 31.2. The lowest BCUT2D eigenvalue weighted by atomic mass is 9.94. The summed E-state index contributed by atoms with van der Waals surface area (Å²) in [6.07, 6.45) is -13.8. The van der Waals surface area contributed by atoms with Crippen molar-refractivity contribution >= 4 is 45.0 Å². The number of allylic oxidation sites excluding steroid dienone is 1. The predicted octanol–water partition coefficient (Wildman–Crippen LogP) is 13.6. The maximum Gasteiger partial charge on any atom is 0.338 e. The summed E-state index contributed by atoms with van der Waals surface area (Å²) in [4.78, 5) is 72.4. The molecule has 27 heteroatoms. The zero-order valence-corrected chi connectivity index (χ0v) is 63.5. The van der Waals surface area contributed by atoms with Gasteiger partial charge in [-0.15, -0.1) is 6.58 Å². The summed E-state index contributed by atoms with van der Waals surface area (Å²) in [5.74, 6) is -7.06. The Balaban J connectivity index is 0.961. The van der Waals surface area contributed by atoms with Crippen LogP contribution in [0, 0.1) is 6.92 Å². The van der Waals surface area contributed by atoms with Crippen molar-refractivity contribution in [2.75, 3.05) is 53.0 Å². The third-order valence-corrected chi connectivity index (χ3v) is 22.9. The monoisotopic (exact) mass is 1530 g/mol. The zero-order valence-electron chi connectivity index (χ0n) is 61.7. The van der Waals surface area contributed by atoms with Crippen LogP contribution in [0.25, 0.3) is 0 Å². The molecule has 25 nitrogen and oxygen atoms in total. The number of esters is 5. The standard InChI is InChI=1S/C81H96O25P2/c1-9-10-11-12-13-14-15-31-46-94-107(87,89-7)51-63-69-72(106-81(5,6)104-69)67(61(97-63)49-93-75(83)56-34-23-17-24-35-56)102-79-73(101-78(86)59-40-29-20-30-41-59)70(100-77(85)58-38-27-19-28-39-58)66(99-76(84)57-36-25-18-26-37-57)62(98-79)50-95-108(88,90-8)52-64-68-71(105-80(3,4)103-68)65(91-47-54-44-42-53(2)43-45-54)60(96-64)48-92-74(82)55-32-21-16-22-33-55/h9,16-30,32-45,60-73,79H,1,10-15,31,46-52H2,2-8H3/t60-,61-,62-,63-,64-,65-,66+,67-,68-,69-,70+,71+,72+,73-,79+,107?,108?/m1/s1. The molecule has 0 aliphatic carbocycles. The van der Waals surface area contributed by atoms with Gasteiger partial charge in [0.15, 0.2) is 36.2 Å². The van der Waals surface area contributed by atoms with E-state index >= 15 is 4.57 Å². The fourth-order valence-electron chi connectivity index (χ4n) is 13.6. The second-order valence-electron chi connectivity index (χ2n) is 27.9. The maximum absolute atomic E-state index is 15.9. The second kappa shape index (κ2) is 37.8. The highest BCUT2D eigenvalue weighted by Gasteiger charge is 2.62. The number of aryl methyl sites for hydroxylation is 1. The molecule has 5 aliphatic rings. The smallest absolute Gasteiger partial charge is 0.338 e. The summed E-state index contributed by atoms with van der Waals surface area (Å²) in [6.45, 7) is 10.9. The molecular formula is C81H96O25P2. The number of unbranched alkanes of at least 4 members (excludes halogenated alkanes) is 6. The molecule has 11 rings (SSSR count). The maximum atomic E-state index is 15.9. The number of benzene rings is 6. The third-order valence-electron chi connectivity index (χ3n) is 19.0. The van der Waals surface area contributed by atoms with Gasteiger partial charge in [-0.2, -0.15) is 0 Å². The van der Waals surface area contributed by atoms with Crippen molar-refractivity contribution in [3.8, 4) is 0 Å². The summed E-state index contributed by atoms with van der Waals surface area (Å²) in [5.41, 5.74) is 2.40. The number of carbonyl (C=O) groups excluding carboxylic acids is 5. The summed E-state index contributed by atoms with van der Waals surface area (Å²) in [7, 11) is -6.20. The molecule has 2 unspecified atom stereocenters. The first-order chi connectivity index (χ1) is 52.0. The summed E-state index contributed by atoms with van der Waals surface area (Å²) in [6, 6.07) is 47.8. The Morgan fingerprint density at radius 2 is 0.815 bits per heavy atom. The number of hydrogen-bond donors (Lipinski definition) is 0. The molecule has 0 bridgehead atoms. The lowest BCUT2D eigenvalue weighted by molar-refractivity contribution is -0.333. The van der Waals surface area contributed by atoms with Crippen molar-refractivity contribution < 1.29 is 118 Å². The van der Waals surface area contributed by atoms with Crippen molar-refractivity contribution in [1.82, 2.24) is 0 Å². The molecule has 0 aromatic heterocycles. The van der Waals surface area contributed by atoms with Crippen LogP contribution in [0.4, 0.5) is 0 Å². The third kappa shape index (κ3) is 21.7. The van der Waals surface area contributed by atoms with Crippen LogP contribution in [0.15, 0.2) is 189 Å². The number of rotatable bonds is 36. The molecule has 0 radical (unpaired) electrons. The zero-order chi connectivity index (χ0) is 76.4. The molecule has 0 saturated carbocycles. The van der Waals surface area contributed by atoms with E-state index in [0.717, 1.165) is 56.8 Å². The van der Waals surface area contributed by atoms with E-state index in [2.05, 4.69) is 6.58 Å². The molecule has 6 aromatic rings. The van der Waals surface area contributed by atoms with Gasteiger partial charge >= 0.3 is 45.0 Å². The van der Waals surface area contributed by atoms with Crippen molar-refractivity contribution in [2.24, 2.45) is 0 Å². The molecule has 580 valence electrons. The quantitative estimate of drug-likeness (QED) is 0.0116. The average molecular weight is 1530 g/mol. The van der Waals surface area contributed by atoms with Gasteiger partial charge in [-0.3, -0.25) is 9.13 Å². The summed E-state index contributed by atoms with van der Waals surface area (Å²) in [5, 5.41) is 0.